The lowest BCUT2D eigenvalue weighted by molar-refractivity contribution is 0.370. The summed E-state index contributed by atoms with van der Waals surface area (Å²) in [5.74, 6) is 1.34. The van der Waals surface area contributed by atoms with Crippen molar-refractivity contribution in [1.29, 1.82) is 0 Å². The Labute approximate surface area is 117 Å². The Kier molecular flexibility index (Phi) is 3.69. The van der Waals surface area contributed by atoms with Gasteiger partial charge in [-0.2, -0.15) is 0 Å². The number of fused-ring (bicyclic) bond motifs is 1. The van der Waals surface area contributed by atoms with Gasteiger partial charge in [-0.1, -0.05) is 0 Å². The lowest BCUT2D eigenvalue weighted by Crippen LogP contribution is -2.29. The van der Waals surface area contributed by atoms with Crippen LogP contribution in [0.4, 0.5) is 0 Å². The van der Waals surface area contributed by atoms with Crippen LogP contribution in [0.2, 0.25) is 0 Å². The largest absolute Gasteiger partial charge is 0.497 e. The lowest BCUT2D eigenvalue weighted by atomic mass is 9.93. The second-order valence-electron chi connectivity index (χ2n) is 5.28. The van der Waals surface area contributed by atoms with Gasteiger partial charge in [0.1, 0.15) is 11.4 Å². The summed E-state index contributed by atoms with van der Waals surface area (Å²) in [6.45, 7) is 2.12. The summed E-state index contributed by atoms with van der Waals surface area (Å²) in [4.78, 5) is 16.7. The molecule has 106 valence electrons. The van der Waals surface area contributed by atoms with Gasteiger partial charge >= 0.3 is 0 Å². The third-order valence-electron chi connectivity index (χ3n) is 3.88. The first-order valence-electron chi connectivity index (χ1n) is 7.03. The van der Waals surface area contributed by atoms with Crippen molar-refractivity contribution in [2.75, 3.05) is 20.2 Å². The van der Waals surface area contributed by atoms with Gasteiger partial charge in [-0.25, -0.2) is 4.98 Å². The highest BCUT2D eigenvalue weighted by atomic mass is 16.5. The number of rotatable bonds is 3. The molecule has 2 aromatic rings. The standard InChI is InChI=1S/C15H19N3O2/c1-20-13-4-7-18-14(10-13)17-12(9-15(18)19)8-11-2-5-16-6-3-11/h4,7,9-11,16H,2-3,5-6,8H2,1H3. The van der Waals surface area contributed by atoms with Gasteiger partial charge in [0, 0.05) is 24.0 Å². The van der Waals surface area contributed by atoms with Crippen molar-refractivity contribution >= 4 is 5.65 Å². The van der Waals surface area contributed by atoms with Crippen molar-refractivity contribution in [3.8, 4) is 5.75 Å². The van der Waals surface area contributed by atoms with Crippen LogP contribution in [0.15, 0.2) is 29.2 Å². The van der Waals surface area contributed by atoms with Gasteiger partial charge < -0.3 is 10.1 Å². The van der Waals surface area contributed by atoms with E-state index in [9.17, 15) is 4.79 Å². The molecule has 1 fully saturated rings. The van der Waals surface area contributed by atoms with Crippen molar-refractivity contribution < 1.29 is 4.74 Å². The zero-order valence-corrected chi connectivity index (χ0v) is 11.6. The number of nitrogens with zero attached hydrogens (tertiary/aromatic N) is 2. The molecule has 0 amide bonds. The molecule has 0 aliphatic carbocycles. The summed E-state index contributed by atoms with van der Waals surface area (Å²) in [5, 5.41) is 3.35. The fourth-order valence-electron chi connectivity index (χ4n) is 2.75. The zero-order valence-electron chi connectivity index (χ0n) is 11.6. The fraction of sp³-hybridized carbons (Fsp3) is 0.467. The predicted octanol–water partition coefficient (Wildman–Crippen LogP) is 1.25. The molecule has 0 radical (unpaired) electrons. The molecule has 1 saturated heterocycles. The topological polar surface area (TPSA) is 55.6 Å². The highest BCUT2D eigenvalue weighted by Gasteiger charge is 2.15. The van der Waals surface area contributed by atoms with Crippen molar-refractivity contribution in [1.82, 2.24) is 14.7 Å². The molecular formula is C15H19N3O2. The second-order valence-corrected chi connectivity index (χ2v) is 5.28. The number of piperidine rings is 1. The molecule has 0 atom stereocenters. The molecule has 1 N–H and O–H groups in total. The molecule has 1 aliphatic rings. The van der Waals surface area contributed by atoms with Gasteiger partial charge in [-0.3, -0.25) is 9.20 Å². The molecular weight excluding hydrogens is 254 g/mol. The maximum atomic E-state index is 12.1. The van der Waals surface area contributed by atoms with Gasteiger partial charge in [0.25, 0.3) is 5.56 Å². The Hall–Kier alpha value is -1.88. The minimum Gasteiger partial charge on any atom is -0.497 e. The van der Waals surface area contributed by atoms with Crippen LogP contribution in [0.1, 0.15) is 18.5 Å². The third-order valence-corrected chi connectivity index (χ3v) is 3.88. The molecule has 5 heteroatoms. The van der Waals surface area contributed by atoms with E-state index in [0.29, 0.717) is 11.6 Å². The van der Waals surface area contributed by atoms with E-state index >= 15 is 0 Å². The average molecular weight is 273 g/mol. The van der Waals surface area contributed by atoms with Crippen LogP contribution in [0, 0.1) is 5.92 Å². The highest BCUT2D eigenvalue weighted by Crippen LogP contribution is 2.17. The monoisotopic (exact) mass is 273 g/mol. The number of ether oxygens (including phenoxy) is 1. The van der Waals surface area contributed by atoms with E-state index in [-0.39, 0.29) is 5.56 Å². The molecule has 2 aromatic heterocycles. The maximum absolute atomic E-state index is 12.1. The summed E-state index contributed by atoms with van der Waals surface area (Å²) in [5.41, 5.74) is 1.51. The number of aromatic nitrogens is 2. The van der Waals surface area contributed by atoms with E-state index in [1.807, 2.05) is 0 Å². The number of hydrogen-bond donors (Lipinski definition) is 1. The Morgan fingerprint density at radius 2 is 2.20 bits per heavy atom. The van der Waals surface area contributed by atoms with Crippen LogP contribution >= 0.6 is 0 Å². The Morgan fingerprint density at radius 3 is 2.95 bits per heavy atom. The SMILES string of the molecule is COc1ccn2c(=O)cc(CC3CCNCC3)nc2c1. The van der Waals surface area contributed by atoms with E-state index in [1.54, 1.807) is 35.9 Å². The second kappa shape index (κ2) is 5.63. The van der Waals surface area contributed by atoms with E-state index in [4.69, 9.17) is 4.74 Å². The van der Waals surface area contributed by atoms with E-state index in [1.165, 1.54) is 0 Å². The van der Waals surface area contributed by atoms with Crippen LogP contribution in [0.3, 0.4) is 0 Å². The fourth-order valence-corrected chi connectivity index (χ4v) is 2.75. The van der Waals surface area contributed by atoms with Crippen LogP contribution in [0.25, 0.3) is 5.65 Å². The van der Waals surface area contributed by atoms with Gasteiger partial charge in [0.2, 0.25) is 0 Å². The Balaban J connectivity index is 1.93. The van der Waals surface area contributed by atoms with Crippen LogP contribution < -0.4 is 15.6 Å². The van der Waals surface area contributed by atoms with Gasteiger partial charge in [0.15, 0.2) is 0 Å². The lowest BCUT2D eigenvalue weighted by Gasteiger charge is -2.22. The summed E-state index contributed by atoms with van der Waals surface area (Å²) in [6, 6.07) is 5.22. The molecule has 0 saturated carbocycles. The first-order chi connectivity index (χ1) is 9.76. The van der Waals surface area contributed by atoms with E-state index in [0.717, 1.165) is 43.8 Å². The quantitative estimate of drug-likeness (QED) is 0.914. The van der Waals surface area contributed by atoms with Crippen LogP contribution in [-0.2, 0) is 6.42 Å². The summed E-state index contributed by atoms with van der Waals surface area (Å²) in [6.07, 6.45) is 4.89. The Morgan fingerprint density at radius 1 is 1.40 bits per heavy atom. The third kappa shape index (κ3) is 2.67. The molecule has 0 bridgehead atoms. The predicted molar refractivity (Wildman–Crippen MR) is 77.3 cm³/mol. The van der Waals surface area contributed by atoms with Gasteiger partial charge in [0.05, 0.1) is 7.11 Å². The molecule has 3 heterocycles. The van der Waals surface area contributed by atoms with Crippen molar-refractivity contribution in [2.45, 2.75) is 19.3 Å². The van der Waals surface area contributed by atoms with Crippen molar-refractivity contribution in [2.24, 2.45) is 5.92 Å². The average Bonchev–Trinajstić information content (AvgIpc) is 2.47. The summed E-state index contributed by atoms with van der Waals surface area (Å²) in [7, 11) is 1.61. The van der Waals surface area contributed by atoms with Crippen molar-refractivity contribution in [3.05, 3.63) is 40.4 Å². The van der Waals surface area contributed by atoms with E-state index < -0.39 is 0 Å². The molecule has 20 heavy (non-hydrogen) atoms. The number of nitrogens with one attached hydrogen (secondary N) is 1. The smallest absolute Gasteiger partial charge is 0.258 e. The number of pyridine rings is 1. The minimum atomic E-state index is -0.0263. The highest BCUT2D eigenvalue weighted by molar-refractivity contribution is 5.44. The molecule has 3 rings (SSSR count). The summed E-state index contributed by atoms with van der Waals surface area (Å²) < 4.78 is 6.74. The molecule has 5 nitrogen and oxygen atoms in total. The zero-order chi connectivity index (χ0) is 13.9. The van der Waals surface area contributed by atoms with E-state index in [2.05, 4.69) is 10.3 Å². The van der Waals surface area contributed by atoms with Crippen LogP contribution in [0.5, 0.6) is 5.75 Å². The molecule has 1 aliphatic heterocycles. The van der Waals surface area contributed by atoms with Gasteiger partial charge in [-0.15, -0.1) is 0 Å². The number of methoxy groups -OCH3 is 1. The normalized spacial score (nSPS) is 16.4. The minimum absolute atomic E-state index is 0.0263. The number of hydrogen-bond acceptors (Lipinski definition) is 4. The molecule has 0 aromatic carbocycles. The first kappa shape index (κ1) is 13.1. The summed E-state index contributed by atoms with van der Waals surface area (Å²) >= 11 is 0. The van der Waals surface area contributed by atoms with Crippen molar-refractivity contribution in [3.63, 3.8) is 0 Å². The molecule has 0 spiro atoms. The molecule has 0 unspecified atom stereocenters. The first-order valence-corrected chi connectivity index (χ1v) is 7.03. The maximum Gasteiger partial charge on any atom is 0.258 e. The van der Waals surface area contributed by atoms with Crippen LogP contribution in [-0.4, -0.2) is 29.6 Å². The Bertz CT molecular complexity index is 660. The van der Waals surface area contributed by atoms with Gasteiger partial charge in [-0.05, 0) is 44.3 Å².